The minimum Gasteiger partial charge on any atom is -0.377 e. The van der Waals surface area contributed by atoms with Gasteiger partial charge in [0.1, 0.15) is 6.04 Å². The topological polar surface area (TPSA) is 65.4 Å². The van der Waals surface area contributed by atoms with E-state index in [9.17, 15) is 4.79 Å². The predicted octanol–water partition coefficient (Wildman–Crippen LogP) is 2.57. The van der Waals surface area contributed by atoms with Crippen LogP contribution >= 0.6 is 0 Å². The Morgan fingerprint density at radius 2 is 2.19 bits per heavy atom. The lowest BCUT2D eigenvalue weighted by Crippen LogP contribution is -2.39. The molecule has 1 rings (SSSR count). The maximum absolute atomic E-state index is 12.2. The van der Waals surface area contributed by atoms with Crippen molar-refractivity contribution in [3.8, 4) is 6.07 Å². The van der Waals surface area contributed by atoms with Crippen LogP contribution in [0, 0.1) is 11.3 Å². The Kier molecular flexibility index (Phi) is 6.70. The van der Waals surface area contributed by atoms with Crippen molar-refractivity contribution in [3.05, 3.63) is 29.8 Å². The van der Waals surface area contributed by atoms with Crippen molar-refractivity contribution in [1.82, 2.24) is 4.90 Å². The van der Waals surface area contributed by atoms with Gasteiger partial charge in [-0.05, 0) is 31.5 Å². The Balaban J connectivity index is 2.68. The molecule has 0 radical (unpaired) electrons. The van der Waals surface area contributed by atoms with Crippen molar-refractivity contribution in [2.45, 2.75) is 32.4 Å². The summed E-state index contributed by atoms with van der Waals surface area (Å²) in [7, 11) is 3.38. The van der Waals surface area contributed by atoms with Gasteiger partial charge >= 0.3 is 0 Å². The SMILES string of the molecule is CO[C@H](C)c1cccc(N[C@@H](C)C(=O)N(C)CCC#N)c1. The van der Waals surface area contributed by atoms with Gasteiger partial charge < -0.3 is 15.0 Å². The van der Waals surface area contributed by atoms with Crippen LogP contribution in [0.15, 0.2) is 24.3 Å². The zero-order valence-electron chi connectivity index (χ0n) is 13.1. The summed E-state index contributed by atoms with van der Waals surface area (Å²) >= 11 is 0. The fraction of sp³-hybridized carbons (Fsp3) is 0.500. The number of likely N-dealkylation sites (N-methyl/N-ethyl adjacent to an activating group) is 1. The quantitative estimate of drug-likeness (QED) is 0.838. The Bertz CT molecular complexity index is 510. The van der Waals surface area contributed by atoms with E-state index < -0.39 is 0 Å². The number of methoxy groups -OCH3 is 1. The fourth-order valence-corrected chi connectivity index (χ4v) is 1.99. The summed E-state index contributed by atoms with van der Waals surface area (Å²) in [6.07, 6.45) is 0.353. The summed E-state index contributed by atoms with van der Waals surface area (Å²) < 4.78 is 5.29. The number of amides is 1. The molecule has 0 aliphatic rings. The highest BCUT2D eigenvalue weighted by atomic mass is 16.5. The standard InChI is InChI=1S/C16H23N3O2/c1-12(16(20)19(3)10-6-9-17)18-15-8-5-7-14(11-15)13(2)21-4/h5,7-8,11-13,18H,6,10H2,1-4H3/t12-,13+/m0/s1. The number of hydrogen-bond donors (Lipinski definition) is 1. The van der Waals surface area contributed by atoms with Crippen molar-refractivity contribution in [1.29, 1.82) is 5.26 Å². The number of nitriles is 1. The lowest BCUT2D eigenvalue weighted by Gasteiger charge is -2.22. The second-order valence-corrected chi connectivity index (χ2v) is 5.04. The highest BCUT2D eigenvalue weighted by Crippen LogP contribution is 2.20. The summed E-state index contributed by atoms with van der Waals surface area (Å²) in [5.74, 6) is -0.0320. The average molecular weight is 289 g/mol. The lowest BCUT2D eigenvalue weighted by atomic mass is 10.1. The van der Waals surface area contributed by atoms with Gasteiger partial charge in [-0.25, -0.2) is 0 Å². The van der Waals surface area contributed by atoms with Crippen LogP contribution in [0.3, 0.4) is 0 Å². The van der Waals surface area contributed by atoms with Gasteiger partial charge in [0.15, 0.2) is 0 Å². The predicted molar refractivity (Wildman–Crippen MR) is 82.8 cm³/mol. The highest BCUT2D eigenvalue weighted by Gasteiger charge is 2.17. The zero-order valence-corrected chi connectivity index (χ0v) is 13.1. The molecule has 0 aliphatic heterocycles. The summed E-state index contributed by atoms with van der Waals surface area (Å²) in [5, 5.41) is 11.7. The van der Waals surface area contributed by atoms with E-state index in [2.05, 4.69) is 5.32 Å². The summed E-state index contributed by atoms with van der Waals surface area (Å²) in [6.45, 7) is 4.24. The van der Waals surface area contributed by atoms with Crippen LogP contribution in [0.2, 0.25) is 0 Å². The normalized spacial score (nSPS) is 13.1. The molecule has 0 saturated heterocycles. The monoisotopic (exact) mass is 289 g/mol. The molecule has 21 heavy (non-hydrogen) atoms. The van der Waals surface area contributed by atoms with Crippen LogP contribution in [0.5, 0.6) is 0 Å². The number of ether oxygens (including phenoxy) is 1. The van der Waals surface area contributed by atoms with E-state index in [1.807, 2.05) is 44.2 Å². The van der Waals surface area contributed by atoms with E-state index in [0.717, 1.165) is 11.3 Å². The zero-order chi connectivity index (χ0) is 15.8. The second kappa shape index (κ2) is 8.28. The molecule has 2 atom stereocenters. The van der Waals surface area contributed by atoms with E-state index in [1.165, 1.54) is 0 Å². The number of nitrogens with one attached hydrogen (secondary N) is 1. The van der Waals surface area contributed by atoms with Gasteiger partial charge in [0, 0.05) is 26.4 Å². The van der Waals surface area contributed by atoms with Gasteiger partial charge in [-0.2, -0.15) is 5.26 Å². The number of hydrogen-bond acceptors (Lipinski definition) is 4. The number of anilines is 1. The molecule has 0 saturated carbocycles. The Morgan fingerprint density at radius 1 is 1.48 bits per heavy atom. The van der Waals surface area contributed by atoms with Crippen molar-refractivity contribution in [3.63, 3.8) is 0 Å². The Morgan fingerprint density at radius 3 is 2.81 bits per heavy atom. The average Bonchev–Trinajstić information content (AvgIpc) is 2.51. The molecule has 0 fully saturated rings. The van der Waals surface area contributed by atoms with Gasteiger partial charge in [0.05, 0.1) is 18.6 Å². The van der Waals surface area contributed by atoms with Crippen LogP contribution in [0.25, 0.3) is 0 Å². The van der Waals surface area contributed by atoms with Gasteiger partial charge in [0.2, 0.25) is 5.91 Å². The van der Waals surface area contributed by atoms with E-state index in [-0.39, 0.29) is 18.1 Å². The van der Waals surface area contributed by atoms with Crippen LogP contribution < -0.4 is 5.32 Å². The number of rotatable bonds is 7. The molecule has 1 aromatic carbocycles. The summed E-state index contributed by atoms with van der Waals surface area (Å²) in [5.41, 5.74) is 1.94. The molecular weight excluding hydrogens is 266 g/mol. The molecule has 0 heterocycles. The first-order valence-corrected chi connectivity index (χ1v) is 7.00. The van der Waals surface area contributed by atoms with E-state index >= 15 is 0 Å². The number of nitrogens with zero attached hydrogens (tertiary/aromatic N) is 2. The second-order valence-electron chi connectivity index (χ2n) is 5.04. The number of carbonyl (C=O) groups excluding carboxylic acids is 1. The molecular formula is C16H23N3O2. The fourth-order valence-electron chi connectivity index (χ4n) is 1.99. The summed E-state index contributed by atoms with van der Waals surface area (Å²) in [4.78, 5) is 13.7. The third-order valence-corrected chi connectivity index (χ3v) is 3.40. The first-order valence-electron chi connectivity index (χ1n) is 7.00. The molecule has 0 aliphatic carbocycles. The summed E-state index contributed by atoms with van der Waals surface area (Å²) in [6, 6.07) is 9.52. The molecule has 0 aromatic heterocycles. The van der Waals surface area contributed by atoms with Crippen LogP contribution in [-0.4, -0.2) is 37.6 Å². The molecule has 0 spiro atoms. The molecule has 5 nitrogen and oxygen atoms in total. The van der Waals surface area contributed by atoms with Gasteiger partial charge in [-0.3, -0.25) is 4.79 Å². The smallest absolute Gasteiger partial charge is 0.244 e. The first kappa shape index (κ1) is 17.0. The third kappa shape index (κ3) is 5.09. The molecule has 1 N–H and O–H groups in total. The molecule has 5 heteroatoms. The highest BCUT2D eigenvalue weighted by molar-refractivity contribution is 5.84. The maximum atomic E-state index is 12.2. The molecule has 0 unspecified atom stereocenters. The molecule has 0 bridgehead atoms. The van der Waals surface area contributed by atoms with Crippen LogP contribution in [0.1, 0.15) is 31.9 Å². The van der Waals surface area contributed by atoms with E-state index in [1.54, 1.807) is 19.1 Å². The van der Waals surface area contributed by atoms with Gasteiger partial charge in [0.25, 0.3) is 0 Å². The Labute approximate surface area is 126 Å². The van der Waals surface area contributed by atoms with Crippen molar-refractivity contribution in [2.24, 2.45) is 0 Å². The van der Waals surface area contributed by atoms with Crippen molar-refractivity contribution < 1.29 is 9.53 Å². The van der Waals surface area contributed by atoms with Gasteiger partial charge in [-0.1, -0.05) is 12.1 Å². The largest absolute Gasteiger partial charge is 0.377 e. The van der Waals surface area contributed by atoms with E-state index in [0.29, 0.717) is 13.0 Å². The minimum absolute atomic E-state index is 0.0102. The molecule has 114 valence electrons. The molecule has 1 amide bonds. The third-order valence-electron chi connectivity index (χ3n) is 3.40. The number of benzene rings is 1. The van der Waals surface area contributed by atoms with E-state index in [4.69, 9.17) is 10.00 Å². The molecule has 1 aromatic rings. The van der Waals surface area contributed by atoms with Crippen molar-refractivity contribution in [2.75, 3.05) is 26.0 Å². The van der Waals surface area contributed by atoms with Gasteiger partial charge in [-0.15, -0.1) is 0 Å². The number of carbonyl (C=O) groups is 1. The van der Waals surface area contributed by atoms with Crippen LogP contribution in [-0.2, 0) is 9.53 Å². The lowest BCUT2D eigenvalue weighted by molar-refractivity contribution is -0.130. The maximum Gasteiger partial charge on any atom is 0.244 e. The van der Waals surface area contributed by atoms with Crippen molar-refractivity contribution >= 4 is 11.6 Å². The van der Waals surface area contributed by atoms with Crippen LogP contribution in [0.4, 0.5) is 5.69 Å². The Hall–Kier alpha value is -2.06. The minimum atomic E-state index is -0.346. The first-order chi connectivity index (χ1) is 9.99.